The van der Waals surface area contributed by atoms with Crippen LogP contribution in [0, 0.1) is 29.5 Å². The van der Waals surface area contributed by atoms with Gasteiger partial charge in [-0.05, 0) is 106 Å². The summed E-state index contributed by atoms with van der Waals surface area (Å²) in [6.07, 6.45) is 3.19. The summed E-state index contributed by atoms with van der Waals surface area (Å²) >= 11 is 0. The first kappa shape index (κ1) is 27.3. The maximum atomic E-state index is 14.0. The zero-order valence-corrected chi connectivity index (χ0v) is 21.5. The van der Waals surface area contributed by atoms with Crippen LogP contribution in [0.5, 0.6) is 0 Å². The van der Waals surface area contributed by atoms with Crippen molar-refractivity contribution in [3.63, 3.8) is 0 Å². The van der Waals surface area contributed by atoms with E-state index >= 15 is 0 Å². The molecule has 1 aromatic heterocycles. The zero-order chi connectivity index (χ0) is 27.6. The smallest absolute Gasteiger partial charge is 0.416 e. The van der Waals surface area contributed by atoms with E-state index in [-0.39, 0.29) is 17.3 Å². The van der Waals surface area contributed by atoms with Gasteiger partial charge in [0.2, 0.25) is 0 Å². The van der Waals surface area contributed by atoms with Gasteiger partial charge >= 0.3 is 12.1 Å². The molecule has 0 bridgehead atoms. The lowest BCUT2D eigenvalue weighted by molar-refractivity contribution is -0.151. The fourth-order valence-electron chi connectivity index (χ4n) is 6.21. The van der Waals surface area contributed by atoms with E-state index in [0.29, 0.717) is 60.2 Å². The fraction of sp³-hybridized carbons (Fsp3) is 0.517. The summed E-state index contributed by atoms with van der Waals surface area (Å²) in [4.78, 5) is 25.4. The summed E-state index contributed by atoms with van der Waals surface area (Å²) in [5.74, 6) is -0.0350. The SMILES string of the molecule is O=C(CC1CCC(C2CCC(C(=O)OCc3cc(C(F)(F)F)ccc3F)CC2)CC1)c1ccc2n[nH]nc2c1. The Bertz CT molecular complexity index is 1320. The number of alkyl halides is 3. The van der Waals surface area contributed by atoms with Gasteiger partial charge in [0.15, 0.2) is 5.78 Å². The van der Waals surface area contributed by atoms with Gasteiger partial charge in [0, 0.05) is 17.5 Å². The first-order valence-electron chi connectivity index (χ1n) is 13.5. The number of nitrogens with one attached hydrogen (secondary N) is 1. The third kappa shape index (κ3) is 6.47. The molecule has 6 nitrogen and oxygen atoms in total. The number of ketones is 1. The fourth-order valence-corrected chi connectivity index (χ4v) is 6.21. The second kappa shape index (κ2) is 11.4. The summed E-state index contributed by atoms with van der Waals surface area (Å²) in [7, 11) is 0. The van der Waals surface area contributed by atoms with Gasteiger partial charge in [-0.2, -0.15) is 28.6 Å². The number of carbonyl (C=O) groups excluding carboxylic acids is 2. The number of fused-ring (bicyclic) bond motifs is 1. The lowest BCUT2D eigenvalue weighted by Crippen LogP contribution is -2.29. The molecule has 2 fully saturated rings. The lowest BCUT2D eigenvalue weighted by Gasteiger charge is -2.37. The van der Waals surface area contributed by atoms with Gasteiger partial charge in [-0.25, -0.2) is 4.39 Å². The Morgan fingerprint density at radius 1 is 0.872 bits per heavy atom. The van der Waals surface area contributed by atoms with Crippen LogP contribution in [-0.2, 0) is 22.3 Å². The van der Waals surface area contributed by atoms with E-state index in [1.165, 1.54) is 0 Å². The minimum absolute atomic E-state index is 0.132. The van der Waals surface area contributed by atoms with Crippen molar-refractivity contribution in [1.29, 1.82) is 0 Å². The van der Waals surface area contributed by atoms with Crippen LogP contribution >= 0.6 is 0 Å². The van der Waals surface area contributed by atoms with Crippen LogP contribution in [0.4, 0.5) is 17.6 Å². The maximum Gasteiger partial charge on any atom is 0.416 e. The number of aromatic amines is 1. The van der Waals surface area contributed by atoms with Crippen LogP contribution in [0.1, 0.15) is 79.3 Å². The van der Waals surface area contributed by atoms with E-state index in [1.54, 1.807) is 18.2 Å². The normalized spacial score (nSPS) is 24.0. The second-order valence-electron chi connectivity index (χ2n) is 11.0. The Balaban J connectivity index is 1.05. The molecular formula is C29H31F4N3O3. The first-order valence-corrected chi connectivity index (χ1v) is 13.5. The van der Waals surface area contributed by atoms with E-state index in [4.69, 9.17) is 4.74 Å². The van der Waals surface area contributed by atoms with Gasteiger partial charge in [-0.1, -0.05) is 0 Å². The number of hydrogen-bond acceptors (Lipinski definition) is 5. The third-order valence-corrected chi connectivity index (χ3v) is 8.52. The highest BCUT2D eigenvalue weighted by atomic mass is 19.4. The Hall–Kier alpha value is -3.30. The standard InChI is InChI=1S/C29H31F4N3O3/c30-24-11-10-23(29(31,32)33)14-22(24)16-39-28(38)20-7-5-19(6-8-20)18-3-1-17(2-4-18)13-27(37)21-9-12-25-26(15-21)35-36-34-25/h9-12,14-15,17-20H,1-8,13,16H2,(H,34,35,36). The zero-order valence-electron chi connectivity index (χ0n) is 21.5. The van der Waals surface area contributed by atoms with Crippen molar-refractivity contribution in [2.24, 2.45) is 23.7 Å². The van der Waals surface area contributed by atoms with Crippen molar-refractivity contribution in [2.45, 2.75) is 70.6 Å². The number of carbonyl (C=O) groups is 2. The molecule has 208 valence electrons. The average molecular weight is 546 g/mol. The third-order valence-electron chi connectivity index (χ3n) is 8.52. The van der Waals surface area contributed by atoms with Crippen LogP contribution < -0.4 is 0 Å². The second-order valence-corrected chi connectivity index (χ2v) is 11.0. The van der Waals surface area contributed by atoms with Crippen molar-refractivity contribution in [2.75, 3.05) is 0 Å². The van der Waals surface area contributed by atoms with Gasteiger partial charge in [0.25, 0.3) is 0 Å². The van der Waals surface area contributed by atoms with Gasteiger partial charge in [-0.3, -0.25) is 9.59 Å². The van der Waals surface area contributed by atoms with Crippen molar-refractivity contribution >= 4 is 22.8 Å². The number of halogens is 4. The maximum absolute atomic E-state index is 14.0. The number of Topliss-reactive ketones (excluding diaryl/α,β-unsaturated/α-hetero) is 1. The van der Waals surface area contributed by atoms with Crippen molar-refractivity contribution in [3.05, 3.63) is 58.9 Å². The molecule has 0 aliphatic heterocycles. The van der Waals surface area contributed by atoms with Crippen LogP contribution in [0.15, 0.2) is 36.4 Å². The van der Waals surface area contributed by atoms with Crippen molar-refractivity contribution < 1.29 is 31.9 Å². The van der Waals surface area contributed by atoms with Crippen LogP contribution in [0.25, 0.3) is 11.0 Å². The topological polar surface area (TPSA) is 84.9 Å². The summed E-state index contributed by atoms with van der Waals surface area (Å²) in [5, 5.41) is 10.6. The van der Waals surface area contributed by atoms with E-state index in [0.717, 1.165) is 50.1 Å². The molecule has 1 N–H and O–H groups in total. The number of H-pyrrole nitrogens is 1. The molecular weight excluding hydrogens is 514 g/mol. The molecule has 0 spiro atoms. The Morgan fingerprint density at radius 2 is 1.54 bits per heavy atom. The number of esters is 1. The van der Waals surface area contributed by atoms with Crippen molar-refractivity contribution in [3.8, 4) is 0 Å². The van der Waals surface area contributed by atoms with Crippen molar-refractivity contribution in [1.82, 2.24) is 15.4 Å². The molecule has 3 aromatic rings. The number of ether oxygens (including phenoxy) is 1. The summed E-state index contributed by atoms with van der Waals surface area (Å²) in [6.45, 7) is -0.510. The minimum atomic E-state index is -4.59. The monoisotopic (exact) mass is 545 g/mol. The lowest BCUT2D eigenvalue weighted by atomic mass is 9.68. The predicted molar refractivity (Wildman–Crippen MR) is 135 cm³/mol. The highest BCUT2D eigenvalue weighted by Crippen LogP contribution is 2.42. The number of benzene rings is 2. The molecule has 0 unspecified atom stereocenters. The van der Waals surface area contributed by atoms with E-state index in [9.17, 15) is 27.2 Å². The molecule has 10 heteroatoms. The molecule has 2 saturated carbocycles. The van der Waals surface area contributed by atoms with Crippen LogP contribution in [-0.4, -0.2) is 27.2 Å². The van der Waals surface area contributed by atoms with Gasteiger partial charge < -0.3 is 4.74 Å². The number of nitrogens with zero attached hydrogens (tertiary/aromatic N) is 2. The molecule has 0 amide bonds. The Kier molecular flexibility index (Phi) is 8.00. The highest BCUT2D eigenvalue weighted by molar-refractivity contribution is 5.98. The van der Waals surface area contributed by atoms with Gasteiger partial charge in [0.05, 0.1) is 11.5 Å². The summed E-state index contributed by atoms with van der Waals surface area (Å²) in [6, 6.07) is 7.51. The molecule has 0 atom stereocenters. The summed E-state index contributed by atoms with van der Waals surface area (Å²) < 4.78 is 57.9. The molecule has 1 heterocycles. The van der Waals surface area contributed by atoms with Gasteiger partial charge in [-0.15, -0.1) is 0 Å². The molecule has 5 rings (SSSR count). The van der Waals surface area contributed by atoms with E-state index < -0.39 is 30.1 Å². The average Bonchev–Trinajstić information content (AvgIpc) is 3.40. The molecule has 2 aromatic carbocycles. The Labute approximate surface area is 223 Å². The van der Waals surface area contributed by atoms with E-state index in [2.05, 4.69) is 15.4 Å². The highest BCUT2D eigenvalue weighted by Gasteiger charge is 2.34. The number of aromatic nitrogens is 3. The molecule has 0 radical (unpaired) electrons. The predicted octanol–water partition coefficient (Wildman–Crippen LogP) is 7.04. The molecule has 0 saturated heterocycles. The van der Waals surface area contributed by atoms with E-state index in [1.807, 2.05) is 0 Å². The van der Waals surface area contributed by atoms with Crippen LogP contribution in [0.2, 0.25) is 0 Å². The molecule has 39 heavy (non-hydrogen) atoms. The van der Waals surface area contributed by atoms with Crippen LogP contribution in [0.3, 0.4) is 0 Å². The quantitative estimate of drug-likeness (QED) is 0.195. The molecule has 2 aliphatic carbocycles. The Morgan fingerprint density at radius 3 is 2.23 bits per heavy atom. The number of rotatable bonds is 7. The first-order chi connectivity index (χ1) is 18.7. The molecule has 2 aliphatic rings. The van der Waals surface area contributed by atoms with Gasteiger partial charge in [0.1, 0.15) is 23.5 Å². The minimum Gasteiger partial charge on any atom is -0.460 e. The number of hydrogen-bond donors (Lipinski definition) is 1. The summed E-state index contributed by atoms with van der Waals surface area (Å²) in [5.41, 5.74) is 0.842. The largest absolute Gasteiger partial charge is 0.460 e.